The second kappa shape index (κ2) is 5.99. The molecule has 0 saturated heterocycles. The van der Waals surface area contributed by atoms with E-state index in [-0.39, 0.29) is 6.10 Å². The molecule has 1 aromatic carbocycles. The van der Waals surface area contributed by atoms with Crippen LogP contribution in [0.5, 0.6) is 5.75 Å². The van der Waals surface area contributed by atoms with E-state index in [1.165, 1.54) is 5.69 Å². The van der Waals surface area contributed by atoms with Gasteiger partial charge in [0.2, 0.25) is 0 Å². The van der Waals surface area contributed by atoms with E-state index >= 15 is 0 Å². The standard InChI is InChI=1S/C15H16BrClN2O2/c1-9-8-19-12(5-6-21-9)14(16)18-15(19)10-3-4-11(17)13(7-10)20-2/h3-4,7,9H,5-6,8H2,1-2H3/t9-/m1/s1. The van der Waals surface area contributed by atoms with Crippen LogP contribution in [-0.2, 0) is 17.7 Å². The molecule has 0 amide bonds. The zero-order valence-electron chi connectivity index (χ0n) is 11.9. The van der Waals surface area contributed by atoms with Crippen molar-refractivity contribution in [2.24, 2.45) is 0 Å². The van der Waals surface area contributed by atoms with Crippen LogP contribution in [0, 0.1) is 0 Å². The van der Waals surface area contributed by atoms with Gasteiger partial charge in [0.25, 0.3) is 0 Å². The maximum atomic E-state index is 6.10. The van der Waals surface area contributed by atoms with Crippen molar-refractivity contribution in [1.29, 1.82) is 0 Å². The number of ether oxygens (including phenoxy) is 2. The Morgan fingerprint density at radius 2 is 2.29 bits per heavy atom. The molecular formula is C15H16BrClN2O2. The molecule has 112 valence electrons. The molecule has 0 radical (unpaired) electrons. The Bertz CT molecular complexity index is 672. The monoisotopic (exact) mass is 370 g/mol. The van der Waals surface area contributed by atoms with Gasteiger partial charge in [0, 0.05) is 12.0 Å². The van der Waals surface area contributed by atoms with Gasteiger partial charge in [-0.3, -0.25) is 0 Å². The van der Waals surface area contributed by atoms with Crippen molar-refractivity contribution in [3.05, 3.63) is 33.5 Å². The highest BCUT2D eigenvalue weighted by Gasteiger charge is 2.22. The highest BCUT2D eigenvalue weighted by molar-refractivity contribution is 9.10. The predicted octanol–water partition coefficient (Wildman–Crippen LogP) is 3.94. The maximum Gasteiger partial charge on any atom is 0.141 e. The summed E-state index contributed by atoms with van der Waals surface area (Å²) in [7, 11) is 1.61. The van der Waals surface area contributed by atoms with Crippen LogP contribution in [0.2, 0.25) is 5.02 Å². The minimum absolute atomic E-state index is 0.167. The number of hydrogen-bond acceptors (Lipinski definition) is 3. The molecular weight excluding hydrogens is 356 g/mol. The van der Waals surface area contributed by atoms with E-state index in [4.69, 9.17) is 21.1 Å². The number of rotatable bonds is 2. The molecule has 0 aliphatic carbocycles. The van der Waals surface area contributed by atoms with Crippen LogP contribution in [0.15, 0.2) is 22.8 Å². The molecule has 6 heteroatoms. The van der Waals surface area contributed by atoms with Crippen molar-refractivity contribution >= 4 is 27.5 Å². The molecule has 4 nitrogen and oxygen atoms in total. The summed E-state index contributed by atoms with van der Waals surface area (Å²) in [6.07, 6.45) is 1.02. The summed E-state index contributed by atoms with van der Waals surface area (Å²) in [5.74, 6) is 1.56. The molecule has 2 heterocycles. The number of halogens is 2. The number of fused-ring (bicyclic) bond motifs is 1. The summed E-state index contributed by atoms with van der Waals surface area (Å²) in [4.78, 5) is 4.67. The third-order valence-corrected chi connectivity index (χ3v) is 4.56. The lowest BCUT2D eigenvalue weighted by Crippen LogP contribution is -2.14. The number of hydrogen-bond donors (Lipinski definition) is 0. The Balaban J connectivity index is 2.11. The number of nitrogens with zero attached hydrogens (tertiary/aromatic N) is 2. The first-order valence-corrected chi connectivity index (χ1v) is 7.97. The van der Waals surface area contributed by atoms with Crippen LogP contribution in [0.1, 0.15) is 12.6 Å². The van der Waals surface area contributed by atoms with Crippen molar-refractivity contribution < 1.29 is 9.47 Å². The summed E-state index contributed by atoms with van der Waals surface area (Å²) < 4.78 is 14.1. The molecule has 1 atom stereocenters. The Labute approximate surface area is 137 Å². The summed E-state index contributed by atoms with van der Waals surface area (Å²) in [5.41, 5.74) is 2.15. The molecule has 0 N–H and O–H groups in total. The van der Waals surface area contributed by atoms with Gasteiger partial charge in [0.15, 0.2) is 0 Å². The van der Waals surface area contributed by atoms with Gasteiger partial charge in [0.1, 0.15) is 16.2 Å². The molecule has 0 spiro atoms. The molecule has 1 aliphatic heterocycles. The van der Waals surface area contributed by atoms with Crippen LogP contribution in [0.4, 0.5) is 0 Å². The third-order valence-electron chi connectivity index (χ3n) is 3.61. The van der Waals surface area contributed by atoms with Crippen molar-refractivity contribution in [1.82, 2.24) is 9.55 Å². The Kier molecular flexibility index (Phi) is 4.24. The van der Waals surface area contributed by atoms with E-state index in [9.17, 15) is 0 Å². The number of aromatic nitrogens is 2. The smallest absolute Gasteiger partial charge is 0.141 e. The van der Waals surface area contributed by atoms with Crippen LogP contribution in [-0.4, -0.2) is 29.4 Å². The third kappa shape index (κ3) is 2.82. The minimum atomic E-state index is 0.167. The molecule has 21 heavy (non-hydrogen) atoms. The van der Waals surface area contributed by atoms with Gasteiger partial charge < -0.3 is 14.0 Å². The molecule has 0 unspecified atom stereocenters. The predicted molar refractivity (Wildman–Crippen MR) is 86.0 cm³/mol. The fourth-order valence-electron chi connectivity index (χ4n) is 2.58. The first kappa shape index (κ1) is 14.9. The fourth-order valence-corrected chi connectivity index (χ4v) is 3.35. The lowest BCUT2D eigenvalue weighted by molar-refractivity contribution is 0.0666. The van der Waals surface area contributed by atoms with E-state index in [2.05, 4.69) is 32.4 Å². The van der Waals surface area contributed by atoms with E-state index in [1.807, 2.05) is 18.2 Å². The molecule has 1 aromatic heterocycles. The highest BCUT2D eigenvalue weighted by Crippen LogP contribution is 2.33. The Morgan fingerprint density at radius 3 is 3.05 bits per heavy atom. The molecule has 2 aromatic rings. The average molecular weight is 372 g/mol. The van der Waals surface area contributed by atoms with Crippen LogP contribution < -0.4 is 4.74 Å². The normalized spacial score (nSPS) is 18.2. The van der Waals surface area contributed by atoms with Crippen LogP contribution in [0.3, 0.4) is 0 Å². The topological polar surface area (TPSA) is 36.3 Å². The van der Waals surface area contributed by atoms with Gasteiger partial charge >= 0.3 is 0 Å². The highest BCUT2D eigenvalue weighted by atomic mass is 79.9. The summed E-state index contributed by atoms with van der Waals surface area (Å²) >= 11 is 9.66. The SMILES string of the molecule is COc1cc(-c2nc(Br)c3n2C[C@@H](C)OCC3)ccc1Cl. The first-order valence-electron chi connectivity index (χ1n) is 6.80. The Hall–Kier alpha value is -1.04. The van der Waals surface area contributed by atoms with Crippen LogP contribution >= 0.6 is 27.5 Å². The second-order valence-corrected chi connectivity index (χ2v) is 6.22. The summed E-state index contributed by atoms with van der Waals surface area (Å²) in [6.45, 7) is 3.58. The average Bonchev–Trinajstić information content (AvgIpc) is 2.65. The first-order chi connectivity index (χ1) is 10.1. The van der Waals surface area contributed by atoms with Gasteiger partial charge in [-0.1, -0.05) is 11.6 Å². The zero-order valence-corrected chi connectivity index (χ0v) is 14.2. The maximum absolute atomic E-state index is 6.10. The number of benzene rings is 1. The Morgan fingerprint density at radius 1 is 1.48 bits per heavy atom. The molecule has 3 rings (SSSR count). The summed E-state index contributed by atoms with van der Waals surface area (Å²) in [5, 5.41) is 0.597. The van der Waals surface area contributed by atoms with Crippen LogP contribution in [0.25, 0.3) is 11.4 Å². The van der Waals surface area contributed by atoms with Gasteiger partial charge in [-0.05, 0) is 41.1 Å². The van der Waals surface area contributed by atoms with Gasteiger partial charge in [-0.15, -0.1) is 0 Å². The molecule has 0 fully saturated rings. The van der Waals surface area contributed by atoms with Gasteiger partial charge in [-0.2, -0.15) is 0 Å². The van der Waals surface area contributed by atoms with Gasteiger partial charge in [0.05, 0.1) is 37.1 Å². The van der Waals surface area contributed by atoms with Crippen molar-refractivity contribution in [3.8, 4) is 17.1 Å². The lowest BCUT2D eigenvalue weighted by atomic mass is 10.2. The van der Waals surface area contributed by atoms with Crippen molar-refractivity contribution in [3.63, 3.8) is 0 Å². The number of methoxy groups -OCH3 is 1. The van der Waals surface area contributed by atoms with E-state index in [0.717, 1.165) is 35.6 Å². The molecule has 1 aliphatic rings. The zero-order chi connectivity index (χ0) is 15.0. The molecule has 0 saturated carbocycles. The van der Waals surface area contributed by atoms with E-state index in [0.29, 0.717) is 10.8 Å². The summed E-state index contributed by atoms with van der Waals surface area (Å²) in [6, 6.07) is 5.71. The van der Waals surface area contributed by atoms with Crippen molar-refractivity contribution in [2.75, 3.05) is 13.7 Å². The fraction of sp³-hybridized carbons (Fsp3) is 0.400. The largest absolute Gasteiger partial charge is 0.495 e. The second-order valence-electron chi connectivity index (χ2n) is 5.06. The number of imidazole rings is 1. The molecule has 0 bridgehead atoms. The minimum Gasteiger partial charge on any atom is -0.495 e. The lowest BCUT2D eigenvalue weighted by Gasteiger charge is -2.13. The van der Waals surface area contributed by atoms with E-state index < -0.39 is 0 Å². The van der Waals surface area contributed by atoms with Gasteiger partial charge in [-0.25, -0.2) is 4.98 Å². The quantitative estimate of drug-likeness (QED) is 0.802. The van der Waals surface area contributed by atoms with E-state index in [1.54, 1.807) is 7.11 Å². The van der Waals surface area contributed by atoms with Crippen molar-refractivity contribution in [2.45, 2.75) is 26.0 Å².